The second kappa shape index (κ2) is 5.47. The van der Waals surface area contributed by atoms with Crippen LogP contribution in [0.5, 0.6) is 0 Å². The van der Waals surface area contributed by atoms with Crippen LogP contribution in [0.15, 0.2) is 48.5 Å². The van der Waals surface area contributed by atoms with Crippen molar-refractivity contribution in [3.05, 3.63) is 65.2 Å². The van der Waals surface area contributed by atoms with E-state index < -0.39 is 0 Å². The molecule has 3 nitrogen and oxygen atoms in total. The summed E-state index contributed by atoms with van der Waals surface area (Å²) in [5.74, 6) is -0.104. The first-order chi connectivity index (χ1) is 8.69. The van der Waals surface area contributed by atoms with Crippen LogP contribution in [0.1, 0.15) is 21.5 Å². The third kappa shape index (κ3) is 2.96. The molecule has 18 heavy (non-hydrogen) atoms. The van der Waals surface area contributed by atoms with Crippen molar-refractivity contribution in [1.82, 2.24) is 0 Å². The van der Waals surface area contributed by atoms with E-state index in [9.17, 15) is 4.79 Å². The van der Waals surface area contributed by atoms with Gasteiger partial charge in [-0.3, -0.25) is 4.79 Å². The summed E-state index contributed by atoms with van der Waals surface area (Å²) in [5, 5.41) is 2.87. The van der Waals surface area contributed by atoms with Gasteiger partial charge in [0.2, 0.25) is 0 Å². The van der Waals surface area contributed by atoms with Gasteiger partial charge in [-0.15, -0.1) is 0 Å². The van der Waals surface area contributed by atoms with E-state index in [1.54, 1.807) is 6.07 Å². The van der Waals surface area contributed by atoms with Crippen molar-refractivity contribution in [2.24, 2.45) is 5.73 Å². The van der Waals surface area contributed by atoms with E-state index in [0.29, 0.717) is 12.1 Å². The lowest BCUT2D eigenvalue weighted by Crippen LogP contribution is -2.12. The van der Waals surface area contributed by atoms with E-state index in [0.717, 1.165) is 16.8 Å². The monoisotopic (exact) mass is 240 g/mol. The fraction of sp³-hybridized carbons (Fsp3) is 0.133. The molecule has 0 unspecified atom stereocenters. The Morgan fingerprint density at radius 1 is 1.17 bits per heavy atom. The van der Waals surface area contributed by atoms with Crippen LogP contribution in [0, 0.1) is 6.92 Å². The van der Waals surface area contributed by atoms with Crippen LogP contribution in [-0.2, 0) is 6.54 Å². The summed E-state index contributed by atoms with van der Waals surface area (Å²) in [6.07, 6.45) is 0. The van der Waals surface area contributed by atoms with E-state index in [1.165, 1.54) is 0 Å². The molecule has 0 radical (unpaired) electrons. The predicted molar refractivity (Wildman–Crippen MR) is 73.5 cm³/mol. The Morgan fingerprint density at radius 2 is 1.94 bits per heavy atom. The standard InChI is InChI=1S/C15H16N2O/c1-11-4-2-6-13(8-11)15(18)17-14-7-3-5-12(9-14)10-16/h2-9H,10,16H2,1H3,(H,17,18). The molecule has 0 aliphatic heterocycles. The third-order valence-corrected chi connectivity index (χ3v) is 2.70. The molecule has 3 N–H and O–H groups in total. The highest BCUT2D eigenvalue weighted by atomic mass is 16.1. The highest BCUT2D eigenvalue weighted by molar-refractivity contribution is 6.04. The summed E-state index contributed by atoms with van der Waals surface area (Å²) in [7, 11) is 0. The lowest BCUT2D eigenvalue weighted by Gasteiger charge is -2.07. The van der Waals surface area contributed by atoms with E-state index in [2.05, 4.69) is 5.32 Å². The number of amides is 1. The number of nitrogens with two attached hydrogens (primary N) is 1. The highest BCUT2D eigenvalue weighted by Crippen LogP contribution is 2.12. The third-order valence-electron chi connectivity index (χ3n) is 2.70. The van der Waals surface area contributed by atoms with Crippen LogP contribution < -0.4 is 11.1 Å². The maximum atomic E-state index is 12.0. The summed E-state index contributed by atoms with van der Waals surface area (Å²) < 4.78 is 0. The lowest BCUT2D eigenvalue weighted by molar-refractivity contribution is 0.102. The van der Waals surface area contributed by atoms with Crippen molar-refractivity contribution in [2.75, 3.05) is 5.32 Å². The Bertz CT molecular complexity index is 564. The number of aryl methyl sites for hydroxylation is 1. The summed E-state index contributed by atoms with van der Waals surface area (Å²) in [4.78, 5) is 12.0. The molecule has 2 rings (SSSR count). The van der Waals surface area contributed by atoms with Gasteiger partial charge in [0.1, 0.15) is 0 Å². The van der Waals surface area contributed by atoms with E-state index >= 15 is 0 Å². The molecule has 2 aromatic rings. The fourth-order valence-corrected chi connectivity index (χ4v) is 1.77. The molecule has 0 heterocycles. The molecule has 0 saturated heterocycles. The minimum Gasteiger partial charge on any atom is -0.326 e. The topological polar surface area (TPSA) is 55.1 Å². The zero-order chi connectivity index (χ0) is 13.0. The molecular weight excluding hydrogens is 224 g/mol. The molecule has 92 valence electrons. The Morgan fingerprint density at radius 3 is 2.67 bits per heavy atom. The van der Waals surface area contributed by atoms with Gasteiger partial charge >= 0.3 is 0 Å². The normalized spacial score (nSPS) is 10.1. The van der Waals surface area contributed by atoms with E-state index in [-0.39, 0.29) is 5.91 Å². The summed E-state index contributed by atoms with van der Waals surface area (Å²) in [5.41, 5.74) is 9.06. The highest BCUT2D eigenvalue weighted by Gasteiger charge is 2.05. The number of hydrogen-bond acceptors (Lipinski definition) is 2. The minimum absolute atomic E-state index is 0.104. The average Bonchev–Trinajstić information content (AvgIpc) is 2.39. The lowest BCUT2D eigenvalue weighted by atomic mass is 10.1. The SMILES string of the molecule is Cc1cccc(C(=O)Nc2cccc(CN)c2)c1. The van der Waals surface area contributed by atoms with Crippen LogP contribution in [0.4, 0.5) is 5.69 Å². The zero-order valence-corrected chi connectivity index (χ0v) is 10.3. The maximum absolute atomic E-state index is 12.0. The zero-order valence-electron chi connectivity index (χ0n) is 10.3. The first-order valence-electron chi connectivity index (χ1n) is 5.86. The second-order valence-electron chi connectivity index (χ2n) is 4.23. The number of carbonyl (C=O) groups is 1. The van der Waals surface area contributed by atoms with Crippen molar-refractivity contribution in [2.45, 2.75) is 13.5 Å². The Hall–Kier alpha value is -2.13. The quantitative estimate of drug-likeness (QED) is 0.866. The van der Waals surface area contributed by atoms with E-state index in [1.807, 2.05) is 49.4 Å². The van der Waals surface area contributed by atoms with Gasteiger partial charge in [-0.05, 0) is 36.8 Å². The summed E-state index contributed by atoms with van der Waals surface area (Å²) in [6, 6.07) is 15.1. The number of benzene rings is 2. The van der Waals surface area contributed by atoms with Gasteiger partial charge in [0.25, 0.3) is 5.91 Å². The van der Waals surface area contributed by atoms with Crippen molar-refractivity contribution in [3.63, 3.8) is 0 Å². The fourth-order valence-electron chi connectivity index (χ4n) is 1.77. The van der Waals surface area contributed by atoms with Crippen molar-refractivity contribution < 1.29 is 4.79 Å². The van der Waals surface area contributed by atoms with Gasteiger partial charge in [0.15, 0.2) is 0 Å². The molecule has 2 aromatic carbocycles. The number of rotatable bonds is 3. The van der Waals surface area contributed by atoms with Gasteiger partial charge in [0.05, 0.1) is 0 Å². The van der Waals surface area contributed by atoms with Crippen LogP contribution in [-0.4, -0.2) is 5.91 Å². The molecule has 0 saturated carbocycles. The first kappa shape index (κ1) is 12.3. The molecular formula is C15H16N2O. The van der Waals surface area contributed by atoms with Crippen LogP contribution in [0.3, 0.4) is 0 Å². The molecule has 3 heteroatoms. The molecule has 0 spiro atoms. The maximum Gasteiger partial charge on any atom is 0.255 e. The largest absolute Gasteiger partial charge is 0.326 e. The molecule has 0 bridgehead atoms. The molecule has 0 aliphatic rings. The minimum atomic E-state index is -0.104. The van der Waals surface area contributed by atoms with Gasteiger partial charge in [-0.25, -0.2) is 0 Å². The average molecular weight is 240 g/mol. The van der Waals surface area contributed by atoms with Gasteiger partial charge in [-0.1, -0.05) is 29.8 Å². The predicted octanol–water partition coefficient (Wildman–Crippen LogP) is 2.71. The van der Waals surface area contributed by atoms with Crippen molar-refractivity contribution in [3.8, 4) is 0 Å². The Labute approximate surface area is 107 Å². The first-order valence-corrected chi connectivity index (χ1v) is 5.86. The Kier molecular flexibility index (Phi) is 3.75. The number of carbonyl (C=O) groups excluding carboxylic acids is 1. The second-order valence-corrected chi connectivity index (χ2v) is 4.23. The number of hydrogen-bond donors (Lipinski definition) is 2. The van der Waals surface area contributed by atoms with E-state index in [4.69, 9.17) is 5.73 Å². The molecule has 0 atom stereocenters. The van der Waals surface area contributed by atoms with Crippen molar-refractivity contribution >= 4 is 11.6 Å². The molecule has 0 fully saturated rings. The molecule has 0 aromatic heterocycles. The van der Waals surface area contributed by atoms with Crippen LogP contribution in [0.2, 0.25) is 0 Å². The summed E-state index contributed by atoms with van der Waals surface area (Å²) >= 11 is 0. The van der Waals surface area contributed by atoms with Crippen molar-refractivity contribution in [1.29, 1.82) is 0 Å². The smallest absolute Gasteiger partial charge is 0.255 e. The van der Waals surface area contributed by atoms with Gasteiger partial charge in [-0.2, -0.15) is 0 Å². The Balaban J connectivity index is 2.16. The van der Waals surface area contributed by atoms with Gasteiger partial charge in [0, 0.05) is 17.8 Å². The number of nitrogens with one attached hydrogen (secondary N) is 1. The summed E-state index contributed by atoms with van der Waals surface area (Å²) in [6.45, 7) is 2.43. The molecule has 0 aliphatic carbocycles. The number of anilines is 1. The van der Waals surface area contributed by atoms with Crippen LogP contribution in [0.25, 0.3) is 0 Å². The van der Waals surface area contributed by atoms with Gasteiger partial charge < -0.3 is 11.1 Å². The van der Waals surface area contributed by atoms with Crippen LogP contribution >= 0.6 is 0 Å². The molecule has 1 amide bonds.